The van der Waals surface area contributed by atoms with Crippen molar-refractivity contribution in [1.82, 2.24) is 14.8 Å². The number of hydrogen-bond donors (Lipinski definition) is 1. The van der Waals surface area contributed by atoms with Crippen LogP contribution in [0.2, 0.25) is 0 Å². The largest absolute Gasteiger partial charge is 0.300 e. The van der Waals surface area contributed by atoms with Crippen molar-refractivity contribution in [2.45, 2.75) is 13.8 Å². The number of aromatic amines is 1. The molecule has 4 heteroatoms. The highest BCUT2D eigenvalue weighted by Gasteiger charge is 2.10. The summed E-state index contributed by atoms with van der Waals surface area (Å²) in [6, 6.07) is 3.77. The highest BCUT2D eigenvalue weighted by Crippen LogP contribution is 2.18. The summed E-state index contributed by atoms with van der Waals surface area (Å²) in [6.45, 7) is 3.81. The van der Waals surface area contributed by atoms with Crippen LogP contribution in [0.4, 0.5) is 0 Å². The molecule has 0 amide bonds. The lowest BCUT2D eigenvalue weighted by Crippen LogP contribution is -2.13. The fourth-order valence-electron chi connectivity index (χ4n) is 1.73. The molecule has 0 aliphatic carbocycles. The Morgan fingerprint density at radius 1 is 1.40 bits per heavy atom. The van der Waals surface area contributed by atoms with Crippen molar-refractivity contribution in [3.63, 3.8) is 0 Å². The van der Waals surface area contributed by atoms with E-state index in [1.165, 1.54) is 4.68 Å². The zero-order chi connectivity index (χ0) is 11.0. The molecule has 0 radical (unpaired) electrons. The number of aryl methyl sites for hydroxylation is 3. The number of rotatable bonds is 1. The maximum atomic E-state index is 11.8. The van der Waals surface area contributed by atoms with Crippen LogP contribution in [0.25, 0.3) is 11.1 Å². The predicted octanol–water partition coefficient (Wildman–Crippen LogP) is 1.39. The van der Waals surface area contributed by atoms with Gasteiger partial charge in [0.15, 0.2) is 0 Å². The van der Waals surface area contributed by atoms with Gasteiger partial charge in [-0.25, -0.2) is 0 Å². The molecule has 0 saturated carbocycles. The second kappa shape index (κ2) is 3.38. The number of H-pyrrole nitrogens is 1. The standard InChI is InChI=1S/C11H13N3O/c1-7-6-9(4-5-12-7)10-8(2)13-14(3)11(10)15/h4-6,13H,1-3H3. The monoisotopic (exact) mass is 203 g/mol. The van der Waals surface area contributed by atoms with E-state index in [1.54, 1.807) is 13.2 Å². The molecule has 2 aromatic rings. The molecule has 0 spiro atoms. The third kappa shape index (κ3) is 1.58. The van der Waals surface area contributed by atoms with Gasteiger partial charge >= 0.3 is 0 Å². The number of nitrogens with one attached hydrogen (secondary N) is 1. The van der Waals surface area contributed by atoms with Crippen LogP contribution in [-0.2, 0) is 7.05 Å². The third-order valence-corrected chi connectivity index (χ3v) is 2.41. The number of nitrogens with zero attached hydrogens (tertiary/aromatic N) is 2. The molecule has 0 unspecified atom stereocenters. The van der Waals surface area contributed by atoms with Gasteiger partial charge in [-0.05, 0) is 31.5 Å². The average molecular weight is 203 g/mol. The van der Waals surface area contributed by atoms with E-state index in [0.29, 0.717) is 0 Å². The van der Waals surface area contributed by atoms with Gasteiger partial charge in [0.05, 0.1) is 5.56 Å². The maximum Gasteiger partial charge on any atom is 0.274 e. The van der Waals surface area contributed by atoms with Crippen molar-refractivity contribution in [3.05, 3.63) is 40.1 Å². The molecule has 0 bridgehead atoms. The summed E-state index contributed by atoms with van der Waals surface area (Å²) < 4.78 is 1.49. The summed E-state index contributed by atoms with van der Waals surface area (Å²) in [5.74, 6) is 0. The average Bonchev–Trinajstić information content (AvgIpc) is 2.41. The highest BCUT2D eigenvalue weighted by molar-refractivity contribution is 5.64. The first kappa shape index (κ1) is 9.71. The van der Waals surface area contributed by atoms with Crippen LogP contribution in [-0.4, -0.2) is 14.8 Å². The molecule has 0 saturated heterocycles. The quantitative estimate of drug-likeness (QED) is 0.761. The summed E-state index contributed by atoms with van der Waals surface area (Å²) >= 11 is 0. The second-order valence-electron chi connectivity index (χ2n) is 3.66. The molecular weight excluding hydrogens is 190 g/mol. The van der Waals surface area contributed by atoms with Crippen LogP contribution in [0.15, 0.2) is 23.1 Å². The smallest absolute Gasteiger partial charge is 0.274 e. The highest BCUT2D eigenvalue weighted by atomic mass is 16.1. The summed E-state index contributed by atoms with van der Waals surface area (Å²) in [6.07, 6.45) is 1.72. The Labute approximate surface area is 87.6 Å². The van der Waals surface area contributed by atoms with Crippen LogP contribution in [0.5, 0.6) is 0 Å². The lowest BCUT2D eigenvalue weighted by molar-refractivity contribution is 0.731. The fraction of sp³-hybridized carbons (Fsp3) is 0.273. The van der Waals surface area contributed by atoms with Gasteiger partial charge in [0.25, 0.3) is 5.56 Å². The van der Waals surface area contributed by atoms with Crippen LogP contribution in [0, 0.1) is 13.8 Å². The molecule has 2 rings (SSSR count). The number of pyridine rings is 1. The van der Waals surface area contributed by atoms with Crippen molar-refractivity contribution < 1.29 is 0 Å². The molecule has 2 aromatic heterocycles. The molecule has 0 fully saturated rings. The molecule has 4 nitrogen and oxygen atoms in total. The minimum Gasteiger partial charge on any atom is -0.300 e. The van der Waals surface area contributed by atoms with Crippen molar-refractivity contribution in [2.75, 3.05) is 0 Å². The van der Waals surface area contributed by atoms with Gasteiger partial charge in [-0.1, -0.05) is 0 Å². The van der Waals surface area contributed by atoms with Gasteiger partial charge in [0, 0.05) is 24.6 Å². The van der Waals surface area contributed by atoms with Gasteiger partial charge in [-0.3, -0.25) is 19.6 Å². The molecular formula is C11H13N3O. The first-order valence-electron chi connectivity index (χ1n) is 4.78. The lowest BCUT2D eigenvalue weighted by atomic mass is 10.1. The molecule has 0 atom stereocenters. The van der Waals surface area contributed by atoms with E-state index in [4.69, 9.17) is 0 Å². The minimum absolute atomic E-state index is 0.00176. The molecule has 2 heterocycles. The predicted molar refractivity (Wildman–Crippen MR) is 58.7 cm³/mol. The molecule has 15 heavy (non-hydrogen) atoms. The normalized spacial score (nSPS) is 10.6. The van der Waals surface area contributed by atoms with Gasteiger partial charge < -0.3 is 0 Å². The SMILES string of the molecule is Cc1cc(-c2c(C)[nH]n(C)c2=O)ccn1. The van der Waals surface area contributed by atoms with E-state index >= 15 is 0 Å². The Bertz CT molecular complexity index is 551. The Morgan fingerprint density at radius 3 is 2.67 bits per heavy atom. The van der Waals surface area contributed by atoms with Gasteiger partial charge in [-0.2, -0.15) is 0 Å². The van der Waals surface area contributed by atoms with Crippen LogP contribution >= 0.6 is 0 Å². The topological polar surface area (TPSA) is 50.7 Å². The Morgan fingerprint density at radius 2 is 2.13 bits per heavy atom. The summed E-state index contributed by atoms with van der Waals surface area (Å²) in [5, 5.41) is 2.98. The van der Waals surface area contributed by atoms with Crippen LogP contribution in [0.1, 0.15) is 11.4 Å². The van der Waals surface area contributed by atoms with E-state index < -0.39 is 0 Å². The van der Waals surface area contributed by atoms with E-state index in [2.05, 4.69) is 10.1 Å². The van der Waals surface area contributed by atoms with E-state index in [9.17, 15) is 4.79 Å². The van der Waals surface area contributed by atoms with Crippen molar-refractivity contribution in [3.8, 4) is 11.1 Å². The van der Waals surface area contributed by atoms with Crippen molar-refractivity contribution in [1.29, 1.82) is 0 Å². The Kier molecular flexibility index (Phi) is 2.19. The zero-order valence-corrected chi connectivity index (χ0v) is 9.03. The van der Waals surface area contributed by atoms with Crippen molar-refractivity contribution >= 4 is 0 Å². The van der Waals surface area contributed by atoms with Crippen LogP contribution in [0.3, 0.4) is 0 Å². The molecule has 0 aliphatic heterocycles. The van der Waals surface area contributed by atoms with Crippen LogP contribution < -0.4 is 5.56 Å². The Balaban J connectivity index is 2.69. The molecule has 0 aromatic carbocycles. The van der Waals surface area contributed by atoms with E-state index in [0.717, 1.165) is 22.5 Å². The fourth-order valence-corrected chi connectivity index (χ4v) is 1.73. The van der Waals surface area contributed by atoms with Crippen molar-refractivity contribution in [2.24, 2.45) is 7.05 Å². The molecule has 78 valence electrons. The first-order valence-corrected chi connectivity index (χ1v) is 4.78. The summed E-state index contributed by atoms with van der Waals surface area (Å²) in [4.78, 5) is 15.9. The second-order valence-corrected chi connectivity index (χ2v) is 3.66. The molecule has 1 N–H and O–H groups in total. The number of hydrogen-bond acceptors (Lipinski definition) is 2. The van der Waals surface area contributed by atoms with E-state index in [-0.39, 0.29) is 5.56 Å². The van der Waals surface area contributed by atoms with E-state index in [1.807, 2.05) is 26.0 Å². The Hall–Kier alpha value is -1.84. The number of aromatic nitrogens is 3. The van der Waals surface area contributed by atoms with Gasteiger partial charge in [0.1, 0.15) is 0 Å². The summed E-state index contributed by atoms with van der Waals surface area (Å²) in [7, 11) is 1.72. The zero-order valence-electron chi connectivity index (χ0n) is 9.03. The van der Waals surface area contributed by atoms with Gasteiger partial charge in [0.2, 0.25) is 0 Å². The van der Waals surface area contributed by atoms with Gasteiger partial charge in [-0.15, -0.1) is 0 Å². The maximum absolute atomic E-state index is 11.8. The third-order valence-electron chi connectivity index (χ3n) is 2.41. The summed E-state index contributed by atoms with van der Waals surface area (Å²) in [5.41, 5.74) is 3.44. The first-order chi connectivity index (χ1) is 7.09. The lowest BCUT2D eigenvalue weighted by Gasteiger charge is -1.98. The minimum atomic E-state index is -0.00176. The molecule has 0 aliphatic rings.